The second-order valence-corrected chi connectivity index (χ2v) is 5.24. The van der Waals surface area contributed by atoms with Crippen LogP contribution in [0.4, 0.5) is 0 Å². The van der Waals surface area contributed by atoms with Crippen LogP contribution in [0.5, 0.6) is 0 Å². The Morgan fingerprint density at radius 2 is 2.29 bits per heavy atom. The van der Waals surface area contributed by atoms with Gasteiger partial charge in [-0.25, -0.2) is 4.98 Å². The lowest BCUT2D eigenvalue weighted by atomic mass is 9.99. The number of nitrogens with one attached hydrogen (secondary N) is 1. The van der Waals surface area contributed by atoms with Gasteiger partial charge < -0.3 is 10.2 Å². The molecule has 17 heavy (non-hydrogen) atoms. The Hall–Kier alpha value is -1.13. The van der Waals surface area contributed by atoms with Crippen molar-refractivity contribution in [1.29, 1.82) is 0 Å². The first-order valence-corrected chi connectivity index (χ1v) is 6.03. The molecule has 1 fully saturated rings. The largest absolute Gasteiger partial charge is 0.330 e. The number of aromatic nitrogens is 1. The Morgan fingerprint density at radius 3 is 2.88 bits per heavy atom. The lowest BCUT2D eigenvalue weighted by Crippen LogP contribution is -2.59. The molecule has 0 atom stereocenters. The fourth-order valence-electron chi connectivity index (χ4n) is 2.00. The van der Waals surface area contributed by atoms with E-state index in [-0.39, 0.29) is 11.4 Å². The molecule has 5 heteroatoms. The minimum Gasteiger partial charge on any atom is -0.330 e. The van der Waals surface area contributed by atoms with Gasteiger partial charge in [-0.3, -0.25) is 4.79 Å². The van der Waals surface area contributed by atoms with Crippen LogP contribution in [-0.2, 0) is 0 Å². The molecule has 0 unspecified atom stereocenters. The quantitative estimate of drug-likeness (QED) is 0.826. The minimum absolute atomic E-state index is 0.0341. The molecular formula is C12H16ClN3O. The normalized spacial score (nSPS) is 19.1. The summed E-state index contributed by atoms with van der Waals surface area (Å²) in [6, 6.07) is 3.36. The summed E-state index contributed by atoms with van der Waals surface area (Å²) in [5.74, 6) is -0.0341. The van der Waals surface area contributed by atoms with E-state index in [2.05, 4.69) is 10.3 Å². The number of rotatable bonds is 1. The van der Waals surface area contributed by atoms with Crippen LogP contribution in [0.1, 0.15) is 24.3 Å². The smallest absolute Gasteiger partial charge is 0.272 e. The van der Waals surface area contributed by atoms with Gasteiger partial charge in [-0.05, 0) is 26.0 Å². The van der Waals surface area contributed by atoms with Gasteiger partial charge in [0.05, 0.1) is 10.6 Å². The molecule has 1 amide bonds. The first-order chi connectivity index (χ1) is 8.00. The molecule has 0 aromatic carbocycles. The molecule has 1 aromatic rings. The molecule has 0 radical (unpaired) electrons. The van der Waals surface area contributed by atoms with E-state index in [1.54, 1.807) is 12.1 Å². The highest BCUT2D eigenvalue weighted by atomic mass is 35.5. The third-order valence-corrected chi connectivity index (χ3v) is 3.22. The Morgan fingerprint density at radius 1 is 1.53 bits per heavy atom. The van der Waals surface area contributed by atoms with Gasteiger partial charge >= 0.3 is 0 Å². The first-order valence-electron chi connectivity index (χ1n) is 5.65. The van der Waals surface area contributed by atoms with Crippen LogP contribution in [0.25, 0.3) is 0 Å². The van der Waals surface area contributed by atoms with Crippen LogP contribution in [-0.4, -0.2) is 41.0 Å². The van der Waals surface area contributed by atoms with Gasteiger partial charge in [0, 0.05) is 25.8 Å². The van der Waals surface area contributed by atoms with E-state index in [9.17, 15) is 4.79 Å². The van der Waals surface area contributed by atoms with Crippen molar-refractivity contribution < 1.29 is 4.79 Å². The summed E-state index contributed by atoms with van der Waals surface area (Å²) in [5, 5.41) is 3.83. The van der Waals surface area contributed by atoms with E-state index in [4.69, 9.17) is 11.6 Å². The van der Waals surface area contributed by atoms with Crippen molar-refractivity contribution in [1.82, 2.24) is 15.2 Å². The third kappa shape index (κ3) is 2.58. The summed E-state index contributed by atoms with van der Waals surface area (Å²) < 4.78 is 0. The van der Waals surface area contributed by atoms with E-state index < -0.39 is 0 Å². The minimum atomic E-state index is -0.184. The Bertz CT molecular complexity index is 416. The SMILES string of the molecule is CC1(C)CNCCN1C(=O)c1ccc(Cl)cn1. The van der Waals surface area contributed by atoms with Crippen molar-refractivity contribution in [2.45, 2.75) is 19.4 Å². The highest BCUT2D eigenvalue weighted by Crippen LogP contribution is 2.19. The van der Waals surface area contributed by atoms with Gasteiger partial charge in [-0.15, -0.1) is 0 Å². The molecule has 1 aliphatic rings. The molecule has 0 spiro atoms. The fraction of sp³-hybridized carbons (Fsp3) is 0.500. The Labute approximate surface area is 106 Å². The summed E-state index contributed by atoms with van der Waals surface area (Å²) >= 11 is 5.76. The predicted octanol–water partition coefficient (Wildman–Crippen LogP) is 1.56. The maximum absolute atomic E-state index is 12.3. The van der Waals surface area contributed by atoms with Crippen molar-refractivity contribution in [3.8, 4) is 0 Å². The molecule has 2 heterocycles. The number of amides is 1. The topological polar surface area (TPSA) is 45.2 Å². The molecule has 1 saturated heterocycles. The van der Waals surface area contributed by atoms with Crippen molar-refractivity contribution in [2.75, 3.05) is 19.6 Å². The number of carbonyl (C=O) groups excluding carboxylic acids is 1. The van der Waals surface area contributed by atoms with Crippen molar-refractivity contribution in [2.24, 2.45) is 0 Å². The van der Waals surface area contributed by atoms with E-state index in [0.29, 0.717) is 17.3 Å². The van der Waals surface area contributed by atoms with Crippen LogP contribution >= 0.6 is 11.6 Å². The summed E-state index contributed by atoms with van der Waals surface area (Å²) in [4.78, 5) is 18.3. The zero-order valence-corrected chi connectivity index (χ0v) is 10.8. The molecule has 0 saturated carbocycles. The molecule has 1 aliphatic heterocycles. The first kappa shape index (κ1) is 12.3. The average molecular weight is 254 g/mol. The summed E-state index contributed by atoms with van der Waals surface area (Å²) in [7, 11) is 0. The van der Waals surface area contributed by atoms with Gasteiger partial charge in [0.2, 0.25) is 0 Å². The monoisotopic (exact) mass is 253 g/mol. The molecule has 92 valence electrons. The predicted molar refractivity (Wildman–Crippen MR) is 67.2 cm³/mol. The maximum atomic E-state index is 12.3. The average Bonchev–Trinajstić information content (AvgIpc) is 2.28. The summed E-state index contributed by atoms with van der Waals surface area (Å²) in [6.07, 6.45) is 1.50. The number of pyridine rings is 1. The lowest BCUT2D eigenvalue weighted by molar-refractivity contribution is 0.0471. The van der Waals surface area contributed by atoms with Gasteiger partial charge in [-0.1, -0.05) is 11.6 Å². The number of hydrogen-bond donors (Lipinski definition) is 1. The summed E-state index contributed by atoms with van der Waals surface area (Å²) in [6.45, 7) is 6.42. The number of halogens is 1. The maximum Gasteiger partial charge on any atom is 0.272 e. The molecule has 0 aliphatic carbocycles. The third-order valence-electron chi connectivity index (χ3n) is 2.99. The van der Waals surface area contributed by atoms with Crippen molar-refractivity contribution in [3.05, 3.63) is 29.0 Å². The highest BCUT2D eigenvalue weighted by Gasteiger charge is 2.34. The van der Waals surface area contributed by atoms with Crippen LogP contribution in [0.15, 0.2) is 18.3 Å². The van der Waals surface area contributed by atoms with Crippen LogP contribution in [0.3, 0.4) is 0 Å². The summed E-state index contributed by atoms with van der Waals surface area (Å²) in [5.41, 5.74) is 0.265. The number of carbonyl (C=O) groups is 1. The highest BCUT2D eigenvalue weighted by molar-refractivity contribution is 6.30. The van der Waals surface area contributed by atoms with Gasteiger partial charge in [0.15, 0.2) is 0 Å². The van der Waals surface area contributed by atoms with Crippen LogP contribution in [0.2, 0.25) is 5.02 Å². The number of piperazine rings is 1. The van der Waals surface area contributed by atoms with Crippen LogP contribution < -0.4 is 5.32 Å². The fourth-order valence-corrected chi connectivity index (χ4v) is 2.11. The lowest BCUT2D eigenvalue weighted by Gasteiger charge is -2.42. The van der Waals surface area contributed by atoms with E-state index >= 15 is 0 Å². The molecule has 1 N–H and O–H groups in total. The standard InChI is InChI=1S/C12H16ClN3O/c1-12(2)8-14-5-6-16(12)11(17)10-4-3-9(13)7-15-10/h3-4,7,14H,5-6,8H2,1-2H3. The van der Waals surface area contributed by atoms with E-state index in [0.717, 1.165) is 13.1 Å². The molecule has 1 aromatic heterocycles. The second-order valence-electron chi connectivity index (χ2n) is 4.81. The number of hydrogen-bond acceptors (Lipinski definition) is 3. The zero-order chi connectivity index (χ0) is 12.5. The van der Waals surface area contributed by atoms with Crippen molar-refractivity contribution in [3.63, 3.8) is 0 Å². The molecular weight excluding hydrogens is 238 g/mol. The van der Waals surface area contributed by atoms with Gasteiger partial charge in [-0.2, -0.15) is 0 Å². The molecule has 2 rings (SSSR count). The van der Waals surface area contributed by atoms with Crippen molar-refractivity contribution >= 4 is 17.5 Å². The second kappa shape index (κ2) is 4.63. The number of nitrogens with zero attached hydrogens (tertiary/aromatic N) is 2. The van der Waals surface area contributed by atoms with E-state index in [1.807, 2.05) is 18.7 Å². The molecule has 4 nitrogen and oxygen atoms in total. The van der Waals surface area contributed by atoms with Crippen LogP contribution in [0, 0.1) is 0 Å². The van der Waals surface area contributed by atoms with Gasteiger partial charge in [0.1, 0.15) is 5.69 Å². The van der Waals surface area contributed by atoms with Gasteiger partial charge in [0.25, 0.3) is 5.91 Å². The molecule has 0 bridgehead atoms. The Kier molecular flexibility index (Phi) is 3.35. The van der Waals surface area contributed by atoms with E-state index in [1.165, 1.54) is 6.20 Å². The Balaban J connectivity index is 2.21. The zero-order valence-electron chi connectivity index (χ0n) is 10.0.